The van der Waals surface area contributed by atoms with Crippen LogP contribution in [0.15, 0.2) is 18.2 Å². The van der Waals surface area contributed by atoms with Gasteiger partial charge < -0.3 is 4.98 Å². The first-order chi connectivity index (χ1) is 7.99. The molecule has 0 unspecified atom stereocenters. The number of aromatic amines is 1. The second kappa shape index (κ2) is 3.22. The quantitative estimate of drug-likeness (QED) is 0.730. The third kappa shape index (κ3) is 1.43. The fourth-order valence-corrected chi connectivity index (χ4v) is 2.89. The first-order valence-corrected chi connectivity index (χ1v) is 6.15. The summed E-state index contributed by atoms with van der Waals surface area (Å²) in [7, 11) is 0. The molecule has 0 saturated carbocycles. The number of nitrogens with one attached hydrogen (secondary N) is 1. The van der Waals surface area contributed by atoms with Gasteiger partial charge in [0.15, 0.2) is 5.78 Å². The summed E-state index contributed by atoms with van der Waals surface area (Å²) in [6, 6.07) is 6.35. The van der Waals surface area contributed by atoms with E-state index in [9.17, 15) is 4.79 Å². The zero-order valence-electron chi connectivity index (χ0n) is 10.6. The summed E-state index contributed by atoms with van der Waals surface area (Å²) >= 11 is 0. The topological polar surface area (TPSA) is 32.9 Å². The summed E-state index contributed by atoms with van der Waals surface area (Å²) < 4.78 is 0. The summed E-state index contributed by atoms with van der Waals surface area (Å²) in [5.41, 5.74) is 4.47. The number of aryl methyl sites for hydroxylation is 1. The van der Waals surface area contributed by atoms with E-state index in [0.29, 0.717) is 6.42 Å². The van der Waals surface area contributed by atoms with E-state index in [1.54, 1.807) is 0 Å². The fraction of sp³-hybridized carbons (Fsp3) is 0.400. The van der Waals surface area contributed by atoms with Gasteiger partial charge in [-0.3, -0.25) is 4.79 Å². The number of aromatic nitrogens is 1. The van der Waals surface area contributed by atoms with Gasteiger partial charge in [-0.1, -0.05) is 25.5 Å². The predicted octanol–water partition coefficient (Wildman–Crippen LogP) is 3.73. The number of hydrogen-bond acceptors (Lipinski definition) is 1. The third-order valence-corrected chi connectivity index (χ3v) is 3.89. The smallest absolute Gasteiger partial charge is 0.179 e. The van der Waals surface area contributed by atoms with Crippen LogP contribution in [0.2, 0.25) is 0 Å². The van der Waals surface area contributed by atoms with Gasteiger partial charge in [0.1, 0.15) is 0 Å². The highest BCUT2D eigenvalue weighted by Gasteiger charge is 2.34. The Labute approximate surface area is 101 Å². The van der Waals surface area contributed by atoms with Gasteiger partial charge in [-0.15, -0.1) is 0 Å². The van der Waals surface area contributed by atoms with E-state index >= 15 is 0 Å². The summed E-state index contributed by atoms with van der Waals surface area (Å²) in [5.74, 6) is 0.258. The molecule has 0 aliphatic heterocycles. The van der Waals surface area contributed by atoms with Crippen molar-refractivity contribution >= 4 is 16.7 Å². The molecule has 0 bridgehead atoms. The molecule has 0 fully saturated rings. The minimum atomic E-state index is 0.0925. The number of benzene rings is 1. The molecule has 1 aliphatic carbocycles. The van der Waals surface area contributed by atoms with Crippen LogP contribution in [0.3, 0.4) is 0 Å². The lowest BCUT2D eigenvalue weighted by Crippen LogP contribution is -2.26. The number of H-pyrrole nitrogens is 1. The van der Waals surface area contributed by atoms with Crippen molar-refractivity contribution in [2.45, 2.75) is 39.0 Å². The molecule has 1 aromatic heterocycles. The molecular formula is C15H17NO. The summed E-state index contributed by atoms with van der Waals surface area (Å²) in [5, 5.41) is 1.22. The Kier molecular flexibility index (Phi) is 2.00. The number of fused-ring (bicyclic) bond motifs is 3. The molecule has 1 N–H and O–H groups in total. The average molecular weight is 227 g/mol. The number of carbonyl (C=O) groups excluding carboxylic acids is 1. The first-order valence-electron chi connectivity index (χ1n) is 6.15. The highest BCUT2D eigenvalue weighted by atomic mass is 16.1. The van der Waals surface area contributed by atoms with Crippen LogP contribution in [0.4, 0.5) is 0 Å². The van der Waals surface area contributed by atoms with Gasteiger partial charge in [0.2, 0.25) is 0 Å². The van der Waals surface area contributed by atoms with Crippen molar-refractivity contribution < 1.29 is 4.79 Å². The number of Topliss-reactive ketones (excluding diaryl/α,β-unsaturated/α-hetero) is 1. The second-order valence-electron chi connectivity index (χ2n) is 5.73. The lowest BCUT2D eigenvalue weighted by atomic mass is 9.74. The van der Waals surface area contributed by atoms with Gasteiger partial charge in [-0.25, -0.2) is 0 Å². The molecule has 88 valence electrons. The maximum atomic E-state index is 12.0. The lowest BCUT2D eigenvalue weighted by molar-refractivity contribution is 0.0953. The molecule has 2 nitrogen and oxygen atoms in total. The van der Waals surface area contributed by atoms with Gasteiger partial charge in [0, 0.05) is 17.3 Å². The molecule has 0 atom stereocenters. The van der Waals surface area contributed by atoms with Gasteiger partial charge in [0.25, 0.3) is 0 Å². The Morgan fingerprint density at radius 3 is 2.82 bits per heavy atom. The molecule has 0 saturated heterocycles. The number of carbonyl (C=O) groups is 1. The van der Waals surface area contributed by atoms with Gasteiger partial charge in [-0.2, -0.15) is 0 Å². The SMILES string of the molecule is Cc1ccc2[nH]c3c(c2c1)C(C)(C)CCC3=O. The van der Waals surface area contributed by atoms with Crippen molar-refractivity contribution in [2.24, 2.45) is 0 Å². The molecule has 17 heavy (non-hydrogen) atoms. The lowest BCUT2D eigenvalue weighted by Gasteiger charge is -2.29. The Morgan fingerprint density at radius 1 is 1.29 bits per heavy atom. The molecule has 2 aromatic rings. The number of rotatable bonds is 0. The molecule has 0 radical (unpaired) electrons. The summed E-state index contributed by atoms with van der Waals surface area (Å²) in [6.07, 6.45) is 1.60. The van der Waals surface area contributed by atoms with E-state index < -0.39 is 0 Å². The van der Waals surface area contributed by atoms with Crippen molar-refractivity contribution in [3.8, 4) is 0 Å². The van der Waals surface area contributed by atoms with Gasteiger partial charge in [0.05, 0.1) is 5.69 Å². The van der Waals surface area contributed by atoms with Crippen LogP contribution in [-0.2, 0) is 5.41 Å². The zero-order chi connectivity index (χ0) is 12.2. The van der Waals surface area contributed by atoms with Crippen molar-refractivity contribution in [3.05, 3.63) is 35.0 Å². The monoisotopic (exact) mass is 227 g/mol. The van der Waals surface area contributed by atoms with Crippen molar-refractivity contribution in [2.75, 3.05) is 0 Å². The molecular weight excluding hydrogens is 210 g/mol. The van der Waals surface area contributed by atoms with Crippen molar-refractivity contribution in [1.29, 1.82) is 0 Å². The summed E-state index contributed by atoms with van der Waals surface area (Å²) in [4.78, 5) is 15.3. The van der Waals surface area contributed by atoms with E-state index in [1.807, 2.05) is 0 Å². The van der Waals surface area contributed by atoms with E-state index in [0.717, 1.165) is 17.6 Å². The van der Waals surface area contributed by atoms with Crippen molar-refractivity contribution in [1.82, 2.24) is 4.98 Å². The van der Waals surface area contributed by atoms with Crippen LogP contribution >= 0.6 is 0 Å². The standard InChI is InChI=1S/C15H17NO/c1-9-4-5-11-10(8-9)13-14(16-11)12(17)6-7-15(13,2)3/h4-5,8,16H,6-7H2,1-3H3. The normalized spacial score (nSPS) is 18.4. The Balaban J connectivity index is 2.42. The molecule has 3 rings (SSSR count). The fourth-order valence-electron chi connectivity index (χ4n) is 2.89. The number of ketones is 1. The number of hydrogen-bond donors (Lipinski definition) is 1. The Hall–Kier alpha value is -1.57. The van der Waals surface area contributed by atoms with Gasteiger partial charge >= 0.3 is 0 Å². The predicted molar refractivity (Wildman–Crippen MR) is 69.6 cm³/mol. The van der Waals surface area contributed by atoms with Gasteiger partial charge in [-0.05, 0) is 36.5 Å². The van der Waals surface area contributed by atoms with Crippen LogP contribution in [-0.4, -0.2) is 10.8 Å². The molecule has 0 spiro atoms. The van der Waals surface area contributed by atoms with Crippen LogP contribution in [0.5, 0.6) is 0 Å². The van der Waals surface area contributed by atoms with Crippen LogP contribution < -0.4 is 0 Å². The zero-order valence-corrected chi connectivity index (χ0v) is 10.6. The van der Waals surface area contributed by atoms with Crippen LogP contribution in [0.1, 0.15) is 48.3 Å². The summed E-state index contributed by atoms with van der Waals surface area (Å²) in [6.45, 7) is 6.55. The second-order valence-corrected chi connectivity index (χ2v) is 5.73. The minimum absolute atomic E-state index is 0.0925. The van der Waals surface area contributed by atoms with E-state index in [4.69, 9.17) is 0 Å². The highest BCUT2D eigenvalue weighted by Crippen LogP contribution is 2.41. The Bertz CT molecular complexity index is 619. The van der Waals surface area contributed by atoms with Crippen LogP contribution in [0, 0.1) is 6.92 Å². The maximum Gasteiger partial charge on any atom is 0.179 e. The molecule has 2 heteroatoms. The third-order valence-electron chi connectivity index (χ3n) is 3.89. The van der Waals surface area contributed by atoms with E-state index in [1.165, 1.54) is 16.5 Å². The maximum absolute atomic E-state index is 12.0. The average Bonchev–Trinajstić information content (AvgIpc) is 2.64. The largest absolute Gasteiger partial charge is 0.352 e. The van der Waals surface area contributed by atoms with Crippen LogP contribution in [0.25, 0.3) is 10.9 Å². The molecule has 0 amide bonds. The Morgan fingerprint density at radius 2 is 2.06 bits per heavy atom. The minimum Gasteiger partial charge on any atom is -0.352 e. The van der Waals surface area contributed by atoms with Crippen molar-refractivity contribution in [3.63, 3.8) is 0 Å². The molecule has 1 aromatic carbocycles. The van der Waals surface area contributed by atoms with E-state index in [-0.39, 0.29) is 11.2 Å². The first kappa shape index (κ1) is 10.6. The van der Waals surface area contributed by atoms with E-state index in [2.05, 4.69) is 44.0 Å². The molecule has 1 heterocycles. The highest BCUT2D eigenvalue weighted by molar-refractivity contribution is 6.04. The molecule has 1 aliphatic rings.